The van der Waals surface area contributed by atoms with E-state index in [2.05, 4.69) is 0 Å². The Kier molecular flexibility index (Phi) is 2.60. The average Bonchev–Trinajstić information content (AvgIpc) is 2.62. The van der Waals surface area contributed by atoms with Crippen LogP contribution in [0.5, 0.6) is 0 Å². The van der Waals surface area contributed by atoms with Gasteiger partial charge in [-0.25, -0.2) is 4.79 Å². The van der Waals surface area contributed by atoms with Gasteiger partial charge in [-0.05, 0) is 12.0 Å². The fourth-order valence-electron chi connectivity index (χ4n) is 2.02. The largest absolute Gasteiger partial charge is 0.465 e. The Labute approximate surface area is 87.8 Å². The number of aliphatic hydroxyl groups excluding tert-OH is 1. The Balaban J connectivity index is 2.24. The van der Waals surface area contributed by atoms with Crippen LogP contribution in [0.3, 0.4) is 0 Å². The molecular formula is C11H13NO3. The number of hydrogen-bond donors (Lipinski definition) is 2. The highest BCUT2D eigenvalue weighted by Crippen LogP contribution is 2.31. The molecule has 1 amide bonds. The first kappa shape index (κ1) is 9.98. The van der Waals surface area contributed by atoms with Crippen molar-refractivity contribution in [3.63, 3.8) is 0 Å². The zero-order valence-corrected chi connectivity index (χ0v) is 8.21. The molecule has 0 spiro atoms. The number of β-amino-alcohol motifs (C(OH)–C–C–N with tert-alkyl or cyclic N) is 1. The third-order valence-corrected chi connectivity index (χ3v) is 2.71. The van der Waals surface area contributed by atoms with Gasteiger partial charge in [-0.3, -0.25) is 4.90 Å². The number of rotatable bonds is 1. The maximum atomic E-state index is 10.9. The van der Waals surface area contributed by atoms with Crippen LogP contribution < -0.4 is 0 Å². The van der Waals surface area contributed by atoms with Crippen LogP contribution >= 0.6 is 0 Å². The van der Waals surface area contributed by atoms with Crippen LogP contribution in [0, 0.1) is 0 Å². The quantitative estimate of drug-likeness (QED) is 0.733. The van der Waals surface area contributed by atoms with Crippen molar-refractivity contribution >= 4 is 6.09 Å². The molecule has 80 valence electrons. The van der Waals surface area contributed by atoms with Crippen molar-refractivity contribution in [2.45, 2.75) is 18.6 Å². The number of nitrogens with zero attached hydrogens (tertiary/aromatic N) is 1. The first-order valence-corrected chi connectivity index (χ1v) is 4.91. The molecule has 1 heterocycles. The van der Waals surface area contributed by atoms with E-state index in [9.17, 15) is 9.90 Å². The summed E-state index contributed by atoms with van der Waals surface area (Å²) in [5, 5.41) is 18.5. The van der Waals surface area contributed by atoms with Gasteiger partial charge < -0.3 is 10.2 Å². The van der Waals surface area contributed by atoms with E-state index in [4.69, 9.17) is 5.11 Å². The molecule has 0 radical (unpaired) electrons. The summed E-state index contributed by atoms with van der Waals surface area (Å²) >= 11 is 0. The smallest absolute Gasteiger partial charge is 0.407 e. The fraction of sp³-hybridized carbons (Fsp3) is 0.364. The maximum absolute atomic E-state index is 10.9. The van der Waals surface area contributed by atoms with Gasteiger partial charge in [0.05, 0.1) is 18.7 Å². The molecule has 1 aliphatic heterocycles. The Morgan fingerprint density at radius 1 is 1.33 bits per heavy atom. The van der Waals surface area contributed by atoms with E-state index in [1.165, 1.54) is 4.90 Å². The molecule has 4 heteroatoms. The second kappa shape index (κ2) is 3.90. The number of amides is 1. The first-order chi connectivity index (χ1) is 7.18. The van der Waals surface area contributed by atoms with Crippen LogP contribution in [0.15, 0.2) is 30.3 Å². The van der Waals surface area contributed by atoms with Gasteiger partial charge in [0.25, 0.3) is 0 Å². The van der Waals surface area contributed by atoms with Crippen LogP contribution in [0.25, 0.3) is 0 Å². The number of benzene rings is 1. The van der Waals surface area contributed by atoms with Crippen molar-refractivity contribution in [3.8, 4) is 0 Å². The molecule has 2 unspecified atom stereocenters. The molecule has 1 aromatic rings. The summed E-state index contributed by atoms with van der Waals surface area (Å²) in [5.74, 6) is 0. The van der Waals surface area contributed by atoms with Crippen molar-refractivity contribution < 1.29 is 15.0 Å². The van der Waals surface area contributed by atoms with E-state index < -0.39 is 12.2 Å². The minimum atomic E-state index is -0.972. The van der Waals surface area contributed by atoms with Gasteiger partial charge in [0.2, 0.25) is 0 Å². The average molecular weight is 207 g/mol. The van der Waals surface area contributed by atoms with Crippen LogP contribution in [0.2, 0.25) is 0 Å². The lowest BCUT2D eigenvalue weighted by Gasteiger charge is -2.21. The Bertz CT molecular complexity index is 352. The van der Waals surface area contributed by atoms with Gasteiger partial charge in [-0.15, -0.1) is 0 Å². The minimum Gasteiger partial charge on any atom is -0.465 e. The van der Waals surface area contributed by atoms with E-state index in [1.54, 1.807) is 0 Å². The molecule has 2 atom stereocenters. The molecule has 0 aromatic heterocycles. The van der Waals surface area contributed by atoms with E-state index in [-0.39, 0.29) is 12.6 Å². The van der Waals surface area contributed by atoms with Crippen LogP contribution in [0.1, 0.15) is 18.0 Å². The van der Waals surface area contributed by atoms with Gasteiger partial charge >= 0.3 is 6.09 Å². The SMILES string of the molecule is O=C(O)N1CC(O)CC1c1ccccc1. The van der Waals surface area contributed by atoms with Crippen LogP contribution in [-0.4, -0.2) is 33.9 Å². The predicted molar refractivity (Wildman–Crippen MR) is 54.5 cm³/mol. The van der Waals surface area contributed by atoms with Crippen molar-refractivity contribution in [3.05, 3.63) is 35.9 Å². The van der Waals surface area contributed by atoms with Crippen molar-refractivity contribution in [1.29, 1.82) is 0 Å². The van der Waals surface area contributed by atoms with E-state index in [0.29, 0.717) is 6.42 Å². The number of aliphatic hydroxyl groups is 1. The molecule has 0 saturated carbocycles. The molecule has 1 aliphatic rings. The molecule has 0 bridgehead atoms. The highest BCUT2D eigenvalue weighted by Gasteiger charge is 2.34. The molecule has 15 heavy (non-hydrogen) atoms. The molecular weight excluding hydrogens is 194 g/mol. The summed E-state index contributed by atoms with van der Waals surface area (Å²) in [5.41, 5.74) is 0.941. The lowest BCUT2D eigenvalue weighted by Crippen LogP contribution is -2.30. The van der Waals surface area contributed by atoms with E-state index in [0.717, 1.165) is 5.56 Å². The van der Waals surface area contributed by atoms with E-state index in [1.807, 2.05) is 30.3 Å². The van der Waals surface area contributed by atoms with Crippen molar-refractivity contribution in [1.82, 2.24) is 4.90 Å². The topological polar surface area (TPSA) is 60.8 Å². The van der Waals surface area contributed by atoms with Crippen molar-refractivity contribution in [2.75, 3.05) is 6.54 Å². The molecule has 0 aliphatic carbocycles. The lowest BCUT2D eigenvalue weighted by atomic mass is 10.0. The molecule has 2 N–H and O–H groups in total. The van der Waals surface area contributed by atoms with Gasteiger partial charge in [0, 0.05) is 0 Å². The Hall–Kier alpha value is -1.55. The van der Waals surface area contributed by atoms with Gasteiger partial charge in [0.15, 0.2) is 0 Å². The number of carboxylic acid groups (broad SMARTS) is 1. The molecule has 1 fully saturated rings. The van der Waals surface area contributed by atoms with Crippen molar-refractivity contribution in [2.24, 2.45) is 0 Å². The third-order valence-electron chi connectivity index (χ3n) is 2.71. The zero-order valence-electron chi connectivity index (χ0n) is 8.21. The fourth-order valence-corrected chi connectivity index (χ4v) is 2.02. The lowest BCUT2D eigenvalue weighted by molar-refractivity contribution is 0.131. The van der Waals surface area contributed by atoms with Crippen LogP contribution in [-0.2, 0) is 0 Å². The monoisotopic (exact) mass is 207 g/mol. The van der Waals surface area contributed by atoms with Crippen LogP contribution in [0.4, 0.5) is 4.79 Å². The number of hydrogen-bond acceptors (Lipinski definition) is 2. The maximum Gasteiger partial charge on any atom is 0.407 e. The number of likely N-dealkylation sites (tertiary alicyclic amines) is 1. The third kappa shape index (κ3) is 1.94. The van der Waals surface area contributed by atoms with Gasteiger partial charge in [-0.1, -0.05) is 30.3 Å². The second-order valence-corrected chi connectivity index (χ2v) is 3.75. The molecule has 2 rings (SSSR count). The second-order valence-electron chi connectivity index (χ2n) is 3.75. The van der Waals surface area contributed by atoms with Gasteiger partial charge in [-0.2, -0.15) is 0 Å². The van der Waals surface area contributed by atoms with Gasteiger partial charge in [0.1, 0.15) is 0 Å². The standard InChI is InChI=1S/C11H13NO3/c13-9-6-10(12(7-9)11(14)15)8-4-2-1-3-5-8/h1-5,9-10,13H,6-7H2,(H,14,15). The summed E-state index contributed by atoms with van der Waals surface area (Å²) < 4.78 is 0. The summed E-state index contributed by atoms with van der Waals surface area (Å²) in [6.07, 6.45) is -1.04. The summed E-state index contributed by atoms with van der Waals surface area (Å²) in [6.45, 7) is 0.203. The number of carbonyl (C=O) groups is 1. The van der Waals surface area contributed by atoms with E-state index >= 15 is 0 Å². The summed E-state index contributed by atoms with van der Waals surface area (Å²) in [6, 6.07) is 9.20. The highest BCUT2D eigenvalue weighted by atomic mass is 16.4. The zero-order chi connectivity index (χ0) is 10.8. The first-order valence-electron chi connectivity index (χ1n) is 4.91. The predicted octanol–water partition coefficient (Wildman–Crippen LogP) is 1.47. The highest BCUT2D eigenvalue weighted by molar-refractivity contribution is 5.66. The summed E-state index contributed by atoms with van der Waals surface area (Å²) in [4.78, 5) is 12.2. The minimum absolute atomic E-state index is 0.203. The Morgan fingerprint density at radius 3 is 2.60 bits per heavy atom. The normalized spacial score (nSPS) is 25.5. The molecule has 1 aromatic carbocycles. The summed E-state index contributed by atoms with van der Waals surface area (Å²) in [7, 11) is 0. The Morgan fingerprint density at radius 2 is 2.00 bits per heavy atom. The molecule has 4 nitrogen and oxygen atoms in total. The molecule has 1 saturated heterocycles.